The first-order valence-corrected chi connectivity index (χ1v) is 7.77. The maximum absolute atomic E-state index is 13.5. The highest BCUT2D eigenvalue weighted by atomic mass is 35.5. The molecule has 3 aromatic rings. The highest BCUT2D eigenvalue weighted by Gasteiger charge is 2.16. The minimum atomic E-state index is -0.300. The van der Waals surface area contributed by atoms with Gasteiger partial charge in [0.05, 0.1) is 17.3 Å². The first-order valence-electron chi connectivity index (χ1n) is 7.23. The lowest BCUT2D eigenvalue weighted by Gasteiger charge is -2.19. The lowest BCUT2D eigenvalue weighted by atomic mass is 9.86. The molecule has 0 bridgehead atoms. The van der Waals surface area contributed by atoms with Crippen LogP contribution in [0.5, 0.6) is 0 Å². The fourth-order valence-electron chi connectivity index (χ4n) is 2.55. The zero-order valence-electron chi connectivity index (χ0n) is 12.9. The SMILES string of the molecule is CC(C)(C)c1ccc(-c2nc3ccc(F)cn3c2CCl)cc1. The number of nitrogens with zero attached hydrogens (tertiary/aromatic N) is 2. The van der Waals surface area contributed by atoms with E-state index in [1.165, 1.54) is 17.8 Å². The third-order valence-corrected chi connectivity index (χ3v) is 4.09. The number of halogens is 2. The van der Waals surface area contributed by atoms with Gasteiger partial charge in [0.1, 0.15) is 11.5 Å². The van der Waals surface area contributed by atoms with Gasteiger partial charge in [0, 0.05) is 11.8 Å². The van der Waals surface area contributed by atoms with Gasteiger partial charge in [-0.2, -0.15) is 0 Å². The summed E-state index contributed by atoms with van der Waals surface area (Å²) < 4.78 is 15.2. The number of rotatable bonds is 2. The summed E-state index contributed by atoms with van der Waals surface area (Å²) in [5.41, 5.74) is 4.68. The molecule has 2 aromatic heterocycles. The molecular weight excluding hydrogens is 299 g/mol. The minimum Gasteiger partial charge on any atom is -0.299 e. The van der Waals surface area contributed by atoms with E-state index in [-0.39, 0.29) is 17.1 Å². The number of aromatic nitrogens is 2. The first-order chi connectivity index (χ1) is 10.4. The summed E-state index contributed by atoms with van der Waals surface area (Å²) in [6.45, 7) is 6.54. The van der Waals surface area contributed by atoms with Crippen molar-refractivity contribution in [3.8, 4) is 11.3 Å². The van der Waals surface area contributed by atoms with Gasteiger partial charge in [-0.15, -0.1) is 11.6 Å². The molecule has 2 nitrogen and oxygen atoms in total. The molecule has 0 atom stereocenters. The van der Waals surface area contributed by atoms with Crippen molar-refractivity contribution in [3.05, 3.63) is 59.7 Å². The highest BCUT2D eigenvalue weighted by molar-refractivity contribution is 6.17. The van der Waals surface area contributed by atoms with E-state index < -0.39 is 0 Å². The van der Waals surface area contributed by atoms with Gasteiger partial charge in [0.2, 0.25) is 0 Å². The van der Waals surface area contributed by atoms with E-state index in [4.69, 9.17) is 11.6 Å². The fourth-order valence-corrected chi connectivity index (χ4v) is 2.81. The summed E-state index contributed by atoms with van der Waals surface area (Å²) >= 11 is 6.08. The highest BCUT2D eigenvalue weighted by Crippen LogP contribution is 2.29. The van der Waals surface area contributed by atoms with Crippen LogP contribution < -0.4 is 0 Å². The largest absolute Gasteiger partial charge is 0.299 e. The van der Waals surface area contributed by atoms with Gasteiger partial charge in [-0.25, -0.2) is 9.37 Å². The number of imidazole rings is 1. The average Bonchev–Trinajstić information content (AvgIpc) is 2.84. The number of alkyl halides is 1. The van der Waals surface area contributed by atoms with Crippen LogP contribution in [0.2, 0.25) is 0 Å². The van der Waals surface area contributed by atoms with Crippen LogP contribution in [0.4, 0.5) is 4.39 Å². The van der Waals surface area contributed by atoms with Crippen molar-refractivity contribution in [3.63, 3.8) is 0 Å². The van der Waals surface area contributed by atoms with Gasteiger partial charge in [0.15, 0.2) is 0 Å². The molecule has 0 fully saturated rings. The molecule has 0 saturated heterocycles. The summed E-state index contributed by atoms with van der Waals surface area (Å²) in [6, 6.07) is 11.4. The van der Waals surface area contributed by atoms with Crippen molar-refractivity contribution < 1.29 is 4.39 Å². The van der Waals surface area contributed by atoms with E-state index in [1.807, 2.05) is 0 Å². The third-order valence-electron chi connectivity index (χ3n) is 3.83. The van der Waals surface area contributed by atoms with Crippen LogP contribution in [-0.2, 0) is 11.3 Å². The topological polar surface area (TPSA) is 17.3 Å². The van der Waals surface area contributed by atoms with Crippen molar-refractivity contribution in [2.45, 2.75) is 32.1 Å². The van der Waals surface area contributed by atoms with Gasteiger partial charge < -0.3 is 0 Å². The molecule has 114 valence electrons. The van der Waals surface area contributed by atoms with Gasteiger partial charge in [-0.3, -0.25) is 4.40 Å². The van der Waals surface area contributed by atoms with E-state index in [1.54, 1.807) is 10.5 Å². The van der Waals surface area contributed by atoms with Crippen LogP contribution in [0.1, 0.15) is 32.0 Å². The Morgan fingerprint density at radius 1 is 1.09 bits per heavy atom. The number of benzene rings is 1. The molecule has 22 heavy (non-hydrogen) atoms. The standard InChI is InChI=1S/C18H18ClFN2/c1-18(2,3)13-6-4-12(5-7-13)17-15(10-19)22-11-14(20)8-9-16(22)21-17/h4-9,11H,10H2,1-3H3. The lowest BCUT2D eigenvalue weighted by molar-refractivity contribution is 0.590. The Bertz CT molecular complexity index is 813. The van der Waals surface area contributed by atoms with Gasteiger partial charge in [0.25, 0.3) is 0 Å². The molecule has 0 radical (unpaired) electrons. The Kier molecular flexibility index (Phi) is 3.69. The Hall–Kier alpha value is -1.87. The Labute approximate surface area is 134 Å². The predicted octanol–water partition coefficient (Wildman–Crippen LogP) is 5.18. The number of pyridine rings is 1. The average molecular weight is 317 g/mol. The second-order valence-electron chi connectivity index (χ2n) is 6.44. The smallest absolute Gasteiger partial charge is 0.139 e. The first kappa shape index (κ1) is 15.0. The molecule has 0 saturated carbocycles. The molecule has 0 aliphatic heterocycles. The van der Waals surface area contributed by atoms with Gasteiger partial charge >= 0.3 is 0 Å². The second kappa shape index (κ2) is 5.40. The zero-order chi connectivity index (χ0) is 15.9. The molecular formula is C18H18ClFN2. The number of fused-ring (bicyclic) bond motifs is 1. The molecule has 0 N–H and O–H groups in total. The van der Waals surface area contributed by atoms with Crippen LogP contribution in [0.3, 0.4) is 0 Å². The fraction of sp³-hybridized carbons (Fsp3) is 0.278. The maximum atomic E-state index is 13.5. The summed E-state index contributed by atoms with van der Waals surface area (Å²) in [6.07, 6.45) is 1.42. The summed E-state index contributed by atoms with van der Waals surface area (Å²) in [5.74, 6) is -0.0213. The molecule has 1 aromatic carbocycles. The Morgan fingerprint density at radius 2 is 1.77 bits per heavy atom. The summed E-state index contributed by atoms with van der Waals surface area (Å²) in [4.78, 5) is 4.60. The van der Waals surface area contributed by atoms with Crippen LogP contribution in [0.25, 0.3) is 16.9 Å². The van der Waals surface area contributed by atoms with Crippen LogP contribution >= 0.6 is 11.6 Å². The molecule has 0 amide bonds. The third kappa shape index (κ3) is 2.61. The van der Waals surface area contributed by atoms with E-state index in [2.05, 4.69) is 50.0 Å². The predicted molar refractivity (Wildman–Crippen MR) is 88.8 cm³/mol. The molecule has 3 rings (SSSR count). The van der Waals surface area contributed by atoms with E-state index in [9.17, 15) is 4.39 Å². The molecule has 4 heteroatoms. The van der Waals surface area contributed by atoms with Gasteiger partial charge in [-0.1, -0.05) is 45.0 Å². The summed E-state index contributed by atoms with van der Waals surface area (Å²) in [7, 11) is 0. The van der Waals surface area contributed by atoms with Crippen molar-refractivity contribution in [1.29, 1.82) is 0 Å². The molecule has 0 unspecified atom stereocenters. The lowest BCUT2D eigenvalue weighted by Crippen LogP contribution is -2.10. The Morgan fingerprint density at radius 3 is 2.36 bits per heavy atom. The molecule has 0 spiro atoms. The van der Waals surface area contributed by atoms with E-state index in [0.29, 0.717) is 5.65 Å². The van der Waals surface area contributed by atoms with Crippen LogP contribution in [-0.4, -0.2) is 9.38 Å². The summed E-state index contributed by atoms with van der Waals surface area (Å²) in [5, 5.41) is 0. The zero-order valence-corrected chi connectivity index (χ0v) is 13.7. The van der Waals surface area contributed by atoms with Crippen molar-refractivity contribution in [2.75, 3.05) is 0 Å². The van der Waals surface area contributed by atoms with E-state index >= 15 is 0 Å². The van der Waals surface area contributed by atoms with E-state index in [0.717, 1.165) is 17.0 Å². The Balaban J connectivity index is 2.13. The van der Waals surface area contributed by atoms with Crippen molar-refractivity contribution >= 4 is 17.2 Å². The maximum Gasteiger partial charge on any atom is 0.139 e. The number of hydrogen-bond donors (Lipinski definition) is 0. The second-order valence-corrected chi connectivity index (χ2v) is 6.71. The monoisotopic (exact) mass is 316 g/mol. The van der Waals surface area contributed by atoms with Gasteiger partial charge in [-0.05, 0) is 23.1 Å². The normalized spacial score (nSPS) is 12.0. The van der Waals surface area contributed by atoms with Crippen molar-refractivity contribution in [2.24, 2.45) is 0 Å². The molecule has 0 aliphatic rings. The number of hydrogen-bond acceptors (Lipinski definition) is 1. The minimum absolute atomic E-state index is 0.107. The van der Waals surface area contributed by atoms with Crippen LogP contribution in [0, 0.1) is 5.82 Å². The quantitative estimate of drug-likeness (QED) is 0.596. The molecule has 2 heterocycles. The molecule has 0 aliphatic carbocycles. The van der Waals surface area contributed by atoms with Crippen LogP contribution in [0.15, 0.2) is 42.6 Å². The van der Waals surface area contributed by atoms with Crippen molar-refractivity contribution in [1.82, 2.24) is 9.38 Å².